The number of aryl methyl sites for hydroxylation is 1. The fraction of sp³-hybridized carbons (Fsp3) is 0.182. The molecule has 138 valence electrons. The molecular formula is C22H23N3O2. The Morgan fingerprint density at radius 1 is 1.07 bits per heavy atom. The van der Waals surface area contributed by atoms with Gasteiger partial charge in [-0.25, -0.2) is 0 Å². The fourth-order valence-electron chi connectivity index (χ4n) is 2.71. The van der Waals surface area contributed by atoms with Crippen molar-refractivity contribution in [3.8, 4) is 5.75 Å². The van der Waals surface area contributed by atoms with Crippen molar-refractivity contribution in [3.05, 3.63) is 83.7 Å². The number of nitrogens with zero attached hydrogens (tertiary/aromatic N) is 1. The Hall–Kier alpha value is -3.34. The predicted octanol–water partition coefficient (Wildman–Crippen LogP) is 4.65. The molecule has 3 rings (SSSR count). The second-order valence-electron chi connectivity index (χ2n) is 6.09. The van der Waals surface area contributed by atoms with Gasteiger partial charge in [0.15, 0.2) is 0 Å². The number of nitrogens with one attached hydrogen (secondary N) is 2. The Balaban J connectivity index is 1.70. The number of para-hydroxylation sites is 2. The van der Waals surface area contributed by atoms with E-state index in [-0.39, 0.29) is 5.91 Å². The van der Waals surface area contributed by atoms with Crippen molar-refractivity contribution < 1.29 is 9.53 Å². The number of carbonyl (C=O) groups excluding carboxylic acids is 1. The second-order valence-corrected chi connectivity index (χ2v) is 6.09. The van der Waals surface area contributed by atoms with E-state index in [4.69, 9.17) is 4.74 Å². The number of aromatic nitrogens is 1. The van der Waals surface area contributed by atoms with E-state index >= 15 is 0 Å². The summed E-state index contributed by atoms with van der Waals surface area (Å²) < 4.78 is 5.55. The number of amides is 1. The fourth-order valence-corrected chi connectivity index (χ4v) is 2.71. The van der Waals surface area contributed by atoms with Crippen LogP contribution < -0.4 is 15.4 Å². The van der Waals surface area contributed by atoms with E-state index in [1.54, 1.807) is 12.3 Å². The number of carbonyl (C=O) groups is 1. The van der Waals surface area contributed by atoms with Crippen LogP contribution in [0.15, 0.2) is 66.9 Å². The minimum atomic E-state index is -0.276. The standard InChI is InChI=1S/C22H23N3O2/c1-3-27-21-11-7-6-10-19(21)25-22(26)20-14-18(12-13-23-20)24-15-17-9-5-4-8-16(17)2/h4-14H,3,15H2,1-2H3,(H,23,24)(H,25,26). The smallest absolute Gasteiger partial charge is 0.274 e. The normalized spacial score (nSPS) is 10.3. The molecule has 0 bridgehead atoms. The van der Waals surface area contributed by atoms with Crippen LogP contribution in [0.25, 0.3) is 0 Å². The molecule has 1 aromatic heterocycles. The van der Waals surface area contributed by atoms with Crippen LogP contribution in [0.3, 0.4) is 0 Å². The highest BCUT2D eigenvalue weighted by Gasteiger charge is 2.11. The summed E-state index contributed by atoms with van der Waals surface area (Å²) in [6.45, 7) is 5.20. The summed E-state index contributed by atoms with van der Waals surface area (Å²) in [6, 6.07) is 19.2. The largest absolute Gasteiger partial charge is 0.492 e. The molecule has 0 saturated heterocycles. The predicted molar refractivity (Wildman–Crippen MR) is 108 cm³/mol. The van der Waals surface area contributed by atoms with Gasteiger partial charge < -0.3 is 15.4 Å². The first-order valence-electron chi connectivity index (χ1n) is 8.95. The van der Waals surface area contributed by atoms with Gasteiger partial charge in [-0.1, -0.05) is 36.4 Å². The summed E-state index contributed by atoms with van der Waals surface area (Å²) in [6.07, 6.45) is 1.63. The van der Waals surface area contributed by atoms with Gasteiger partial charge in [0.05, 0.1) is 12.3 Å². The number of anilines is 2. The molecular weight excluding hydrogens is 338 g/mol. The van der Waals surface area contributed by atoms with Gasteiger partial charge in [-0.05, 0) is 49.2 Å². The molecule has 1 heterocycles. The number of pyridine rings is 1. The zero-order chi connectivity index (χ0) is 19.1. The van der Waals surface area contributed by atoms with Crippen molar-refractivity contribution in [1.82, 2.24) is 4.98 Å². The molecule has 3 aromatic rings. The van der Waals surface area contributed by atoms with Gasteiger partial charge in [0.25, 0.3) is 5.91 Å². The van der Waals surface area contributed by atoms with Crippen LogP contribution in [0.2, 0.25) is 0 Å². The molecule has 5 heteroatoms. The molecule has 0 unspecified atom stereocenters. The second kappa shape index (κ2) is 8.85. The number of hydrogen-bond acceptors (Lipinski definition) is 4. The van der Waals surface area contributed by atoms with Gasteiger partial charge in [-0.3, -0.25) is 9.78 Å². The Morgan fingerprint density at radius 2 is 1.85 bits per heavy atom. The molecule has 0 fully saturated rings. The van der Waals surface area contributed by atoms with Gasteiger partial charge in [-0.2, -0.15) is 0 Å². The molecule has 0 spiro atoms. The topological polar surface area (TPSA) is 63.2 Å². The maximum atomic E-state index is 12.6. The number of ether oxygens (including phenoxy) is 1. The lowest BCUT2D eigenvalue weighted by Gasteiger charge is -2.12. The summed E-state index contributed by atoms with van der Waals surface area (Å²) in [5.41, 5.74) is 4.26. The van der Waals surface area contributed by atoms with Crippen LogP contribution in [0, 0.1) is 6.92 Å². The molecule has 5 nitrogen and oxygen atoms in total. The number of benzene rings is 2. The molecule has 27 heavy (non-hydrogen) atoms. The van der Waals surface area contributed by atoms with Gasteiger partial charge >= 0.3 is 0 Å². The minimum Gasteiger partial charge on any atom is -0.492 e. The monoisotopic (exact) mass is 361 g/mol. The van der Waals surface area contributed by atoms with Gasteiger partial charge in [0, 0.05) is 18.4 Å². The summed E-state index contributed by atoms with van der Waals surface area (Å²) in [7, 11) is 0. The first-order valence-corrected chi connectivity index (χ1v) is 8.95. The highest BCUT2D eigenvalue weighted by Crippen LogP contribution is 2.24. The van der Waals surface area contributed by atoms with Crippen LogP contribution in [0.4, 0.5) is 11.4 Å². The Kier molecular flexibility index (Phi) is 6.05. The van der Waals surface area contributed by atoms with E-state index in [0.29, 0.717) is 30.3 Å². The first-order chi connectivity index (χ1) is 13.2. The zero-order valence-corrected chi connectivity index (χ0v) is 15.5. The van der Waals surface area contributed by atoms with Gasteiger partial charge in [-0.15, -0.1) is 0 Å². The van der Waals surface area contributed by atoms with E-state index in [0.717, 1.165) is 5.69 Å². The Bertz CT molecular complexity index is 925. The highest BCUT2D eigenvalue weighted by molar-refractivity contribution is 6.04. The zero-order valence-electron chi connectivity index (χ0n) is 15.5. The van der Waals surface area contributed by atoms with E-state index in [1.807, 2.05) is 49.4 Å². The molecule has 1 amide bonds. The molecule has 0 atom stereocenters. The van der Waals surface area contributed by atoms with E-state index < -0.39 is 0 Å². The molecule has 2 aromatic carbocycles. The van der Waals surface area contributed by atoms with Crippen LogP contribution in [-0.4, -0.2) is 17.5 Å². The quantitative estimate of drug-likeness (QED) is 0.643. The van der Waals surface area contributed by atoms with Crippen LogP contribution in [0.5, 0.6) is 5.75 Å². The third-order valence-electron chi connectivity index (χ3n) is 4.17. The Labute approximate surface area is 159 Å². The summed E-state index contributed by atoms with van der Waals surface area (Å²) in [5.74, 6) is 0.365. The SMILES string of the molecule is CCOc1ccccc1NC(=O)c1cc(NCc2ccccc2C)ccn1. The average molecular weight is 361 g/mol. The van der Waals surface area contributed by atoms with Crippen molar-refractivity contribution in [3.63, 3.8) is 0 Å². The lowest BCUT2D eigenvalue weighted by atomic mass is 10.1. The summed E-state index contributed by atoms with van der Waals surface area (Å²) >= 11 is 0. The molecule has 0 radical (unpaired) electrons. The third kappa shape index (κ3) is 4.85. The van der Waals surface area contributed by atoms with E-state index in [1.165, 1.54) is 11.1 Å². The highest BCUT2D eigenvalue weighted by atomic mass is 16.5. The van der Waals surface area contributed by atoms with Crippen molar-refractivity contribution in [2.45, 2.75) is 20.4 Å². The maximum Gasteiger partial charge on any atom is 0.274 e. The van der Waals surface area contributed by atoms with Crippen molar-refractivity contribution in [2.75, 3.05) is 17.2 Å². The number of rotatable bonds is 7. The number of hydrogen-bond donors (Lipinski definition) is 2. The summed E-state index contributed by atoms with van der Waals surface area (Å²) in [4.78, 5) is 16.8. The van der Waals surface area contributed by atoms with E-state index in [9.17, 15) is 4.79 Å². The average Bonchev–Trinajstić information content (AvgIpc) is 2.69. The van der Waals surface area contributed by atoms with Gasteiger partial charge in [0.1, 0.15) is 11.4 Å². The first kappa shape index (κ1) is 18.5. The molecule has 0 saturated carbocycles. The Morgan fingerprint density at radius 3 is 2.67 bits per heavy atom. The van der Waals surface area contributed by atoms with Crippen LogP contribution in [-0.2, 0) is 6.54 Å². The maximum absolute atomic E-state index is 12.6. The van der Waals surface area contributed by atoms with Crippen molar-refractivity contribution in [1.29, 1.82) is 0 Å². The molecule has 0 aliphatic carbocycles. The van der Waals surface area contributed by atoms with Crippen LogP contribution in [0.1, 0.15) is 28.5 Å². The van der Waals surface area contributed by atoms with E-state index in [2.05, 4.69) is 34.7 Å². The summed E-state index contributed by atoms with van der Waals surface area (Å²) in [5, 5.41) is 6.22. The molecule has 2 N–H and O–H groups in total. The lowest BCUT2D eigenvalue weighted by molar-refractivity contribution is 0.102. The third-order valence-corrected chi connectivity index (χ3v) is 4.17. The molecule has 0 aliphatic rings. The molecule has 0 aliphatic heterocycles. The van der Waals surface area contributed by atoms with Crippen LogP contribution >= 0.6 is 0 Å². The lowest BCUT2D eigenvalue weighted by Crippen LogP contribution is -2.15. The minimum absolute atomic E-state index is 0.276. The van der Waals surface area contributed by atoms with Gasteiger partial charge in [0.2, 0.25) is 0 Å². The van der Waals surface area contributed by atoms with Crippen molar-refractivity contribution >= 4 is 17.3 Å². The van der Waals surface area contributed by atoms with Crippen molar-refractivity contribution in [2.24, 2.45) is 0 Å².